The van der Waals surface area contributed by atoms with Crippen molar-refractivity contribution < 1.29 is 12.8 Å². The first-order valence-corrected chi connectivity index (χ1v) is 7.80. The standard InChI is InChI=1S/C13H10BrFO2S/c14-9-10-1-5-12(6-2-10)18(16,17)13-7-3-11(15)4-8-13/h1-8H,9H2. The number of halogens is 2. The van der Waals surface area contributed by atoms with Crippen molar-refractivity contribution in [3.05, 3.63) is 59.9 Å². The molecule has 0 heterocycles. The number of hydrogen-bond donors (Lipinski definition) is 0. The van der Waals surface area contributed by atoms with E-state index < -0.39 is 15.7 Å². The van der Waals surface area contributed by atoms with Crippen molar-refractivity contribution in [1.29, 1.82) is 0 Å². The molecule has 0 amide bonds. The Morgan fingerprint density at radius 3 is 1.78 bits per heavy atom. The fourth-order valence-electron chi connectivity index (χ4n) is 1.51. The van der Waals surface area contributed by atoms with Crippen LogP contribution >= 0.6 is 15.9 Å². The summed E-state index contributed by atoms with van der Waals surface area (Å²) in [4.78, 5) is 0.300. The Labute approximate surface area is 114 Å². The van der Waals surface area contributed by atoms with Crippen molar-refractivity contribution >= 4 is 25.8 Å². The highest BCUT2D eigenvalue weighted by Crippen LogP contribution is 2.21. The highest BCUT2D eigenvalue weighted by Gasteiger charge is 2.17. The molecule has 2 rings (SSSR count). The first kappa shape index (κ1) is 13.2. The molecule has 18 heavy (non-hydrogen) atoms. The van der Waals surface area contributed by atoms with Gasteiger partial charge >= 0.3 is 0 Å². The summed E-state index contributed by atoms with van der Waals surface area (Å²) in [5, 5.41) is 0.671. The van der Waals surface area contributed by atoms with E-state index in [-0.39, 0.29) is 9.79 Å². The molecule has 2 aromatic carbocycles. The van der Waals surface area contributed by atoms with E-state index >= 15 is 0 Å². The van der Waals surface area contributed by atoms with Gasteiger partial charge in [0.25, 0.3) is 0 Å². The molecule has 0 fully saturated rings. The van der Waals surface area contributed by atoms with Gasteiger partial charge in [-0.3, -0.25) is 0 Å². The van der Waals surface area contributed by atoms with Gasteiger partial charge in [-0.25, -0.2) is 12.8 Å². The summed E-state index contributed by atoms with van der Waals surface area (Å²) in [5.41, 5.74) is 0.994. The number of alkyl halides is 1. The van der Waals surface area contributed by atoms with Crippen LogP contribution in [0.1, 0.15) is 5.56 Å². The Morgan fingerprint density at radius 2 is 1.33 bits per heavy atom. The van der Waals surface area contributed by atoms with Crippen molar-refractivity contribution in [3.63, 3.8) is 0 Å². The molecule has 0 saturated carbocycles. The number of hydrogen-bond acceptors (Lipinski definition) is 2. The summed E-state index contributed by atoms with van der Waals surface area (Å²) in [5.74, 6) is -0.455. The van der Waals surface area contributed by atoms with Crippen LogP contribution < -0.4 is 0 Å². The average molecular weight is 329 g/mol. The highest BCUT2D eigenvalue weighted by molar-refractivity contribution is 9.08. The first-order chi connectivity index (χ1) is 8.54. The van der Waals surface area contributed by atoms with E-state index in [4.69, 9.17) is 0 Å². The lowest BCUT2D eigenvalue weighted by atomic mass is 10.2. The highest BCUT2D eigenvalue weighted by atomic mass is 79.9. The second-order valence-corrected chi connectivity index (χ2v) is 6.25. The summed E-state index contributed by atoms with van der Waals surface area (Å²) in [6.07, 6.45) is 0. The topological polar surface area (TPSA) is 34.1 Å². The minimum atomic E-state index is -3.56. The monoisotopic (exact) mass is 328 g/mol. The fraction of sp³-hybridized carbons (Fsp3) is 0.0769. The number of sulfone groups is 1. The van der Waals surface area contributed by atoms with Crippen LogP contribution in [0.15, 0.2) is 58.3 Å². The molecule has 0 atom stereocenters. The lowest BCUT2D eigenvalue weighted by molar-refractivity contribution is 0.594. The van der Waals surface area contributed by atoms with Gasteiger partial charge in [0.1, 0.15) is 5.82 Å². The number of benzene rings is 2. The van der Waals surface area contributed by atoms with Crippen LogP contribution in [0.2, 0.25) is 0 Å². The maximum absolute atomic E-state index is 12.8. The summed E-state index contributed by atoms with van der Waals surface area (Å²) in [6, 6.07) is 11.4. The minimum Gasteiger partial charge on any atom is -0.219 e. The van der Waals surface area contributed by atoms with E-state index in [0.717, 1.165) is 17.7 Å². The normalized spacial score (nSPS) is 11.4. The SMILES string of the molecule is O=S(=O)(c1ccc(F)cc1)c1ccc(CBr)cc1. The summed E-state index contributed by atoms with van der Waals surface area (Å²) in [6.45, 7) is 0. The third-order valence-corrected chi connectivity index (χ3v) is 4.94. The molecule has 94 valence electrons. The molecular weight excluding hydrogens is 319 g/mol. The Hall–Kier alpha value is -1.20. The molecular formula is C13H10BrFO2S. The van der Waals surface area contributed by atoms with Crippen LogP contribution in [0.4, 0.5) is 4.39 Å². The second-order valence-electron chi connectivity index (χ2n) is 3.73. The van der Waals surface area contributed by atoms with Crippen molar-refractivity contribution in [2.75, 3.05) is 0 Å². The maximum atomic E-state index is 12.8. The van der Waals surface area contributed by atoms with E-state index in [1.54, 1.807) is 24.3 Å². The molecule has 2 aromatic rings. The van der Waals surface area contributed by atoms with E-state index in [1.807, 2.05) is 0 Å². The summed E-state index contributed by atoms with van der Waals surface area (Å²) < 4.78 is 37.2. The fourth-order valence-corrected chi connectivity index (χ4v) is 3.14. The van der Waals surface area contributed by atoms with Crippen molar-refractivity contribution in [2.24, 2.45) is 0 Å². The molecule has 0 aliphatic heterocycles. The van der Waals surface area contributed by atoms with Crippen LogP contribution in [0.5, 0.6) is 0 Å². The second kappa shape index (κ2) is 5.20. The summed E-state index contributed by atoms with van der Waals surface area (Å²) in [7, 11) is -3.56. The predicted molar refractivity (Wildman–Crippen MR) is 70.9 cm³/mol. The molecule has 0 aromatic heterocycles. The van der Waals surface area contributed by atoms with Gasteiger partial charge in [0.2, 0.25) is 9.84 Å². The third-order valence-electron chi connectivity index (χ3n) is 2.51. The minimum absolute atomic E-state index is 0.0930. The zero-order chi connectivity index (χ0) is 13.2. The zero-order valence-electron chi connectivity index (χ0n) is 9.31. The van der Waals surface area contributed by atoms with Crippen LogP contribution in [0.3, 0.4) is 0 Å². The molecule has 2 nitrogen and oxygen atoms in total. The number of rotatable bonds is 3. The van der Waals surface area contributed by atoms with Crippen LogP contribution in [-0.4, -0.2) is 8.42 Å². The molecule has 0 bridgehead atoms. The molecule has 0 aliphatic rings. The Bertz CT molecular complexity index is 634. The maximum Gasteiger partial charge on any atom is 0.206 e. The van der Waals surface area contributed by atoms with Crippen LogP contribution in [0.25, 0.3) is 0 Å². The Kier molecular flexibility index (Phi) is 3.82. The van der Waals surface area contributed by atoms with E-state index in [0.29, 0.717) is 5.33 Å². The molecule has 0 unspecified atom stereocenters. The summed E-state index contributed by atoms with van der Waals surface area (Å²) >= 11 is 3.29. The first-order valence-electron chi connectivity index (χ1n) is 5.19. The van der Waals surface area contributed by atoms with Gasteiger partial charge in [-0.2, -0.15) is 0 Å². The largest absolute Gasteiger partial charge is 0.219 e. The molecule has 0 aliphatic carbocycles. The van der Waals surface area contributed by atoms with Gasteiger partial charge in [0.15, 0.2) is 0 Å². The quantitative estimate of drug-likeness (QED) is 0.637. The average Bonchev–Trinajstić information content (AvgIpc) is 2.39. The van der Waals surface area contributed by atoms with Gasteiger partial charge in [-0.05, 0) is 42.0 Å². The van der Waals surface area contributed by atoms with Crippen molar-refractivity contribution in [1.82, 2.24) is 0 Å². The van der Waals surface area contributed by atoms with Crippen LogP contribution in [0, 0.1) is 5.82 Å². The molecule has 0 saturated heterocycles. The van der Waals surface area contributed by atoms with E-state index in [9.17, 15) is 12.8 Å². The van der Waals surface area contributed by atoms with Gasteiger partial charge in [-0.15, -0.1) is 0 Å². The van der Waals surface area contributed by atoms with Gasteiger partial charge in [-0.1, -0.05) is 28.1 Å². The predicted octanol–water partition coefficient (Wildman–Crippen LogP) is 3.55. The van der Waals surface area contributed by atoms with Gasteiger partial charge < -0.3 is 0 Å². The van der Waals surface area contributed by atoms with Crippen molar-refractivity contribution in [2.45, 2.75) is 15.1 Å². The molecule has 0 spiro atoms. The molecule has 5 heteroatoms. The molecule has 0 N–H and O–H groups in total. The Balaban J connectivity index is 2.44. The Morgan fingerprint density at radius 1 is 0.889 bits per heavy atom. The van der Waals surface area contributed by atoms with E-state index in [1.165, 1.54) is 12.1 Å². The van der Waals surface area contributed by atoms with Gasteiger partial charge in [0.05, 0.1) is 9.79 Å². The third kappa shape index (κ3) is 2.62. The van der Waals surface area contributed by atoms with Crippen molar-refractivity contribution in [3.8, 4) is 0 Å². The van der Waals surface area contributed by atoms with E-state index in [2.05, 4.69) is 15.9 Å². The lowest BCUT2D eigenvalue weighted by Gasteiger charge is -2.05. The zero-order valence-corrected chi connectivity index (χ0v) is 11.7. The lowest BCUT2D eigenvalue weighted by Crippen LogP contribution is -2.02. The van der Waals surface area contributed by atoms with Gasteiger partial charge in [0, 0.05) is 5.33 Å². The smallest absolute Gasteiger partial charge is 0.206 e. The van der Waals surface area contributed by atoms with Crippen LogP contribution in [-0.2, 0) is 15.2 Å². The molecule has 0 radical (unpaired) electrons.